The normalized spacial score (nSPS) is 16.3. The van der Waals surface area contributed by atoms with E-state index in [9.17, 15) is 28.1 Å². The van der Waals surface area contributed by atoms with Crippen LogP contribution in [0.15, 0.2) is 36.4 Å². The van der Waals surface area contributed by atoms with Gasteiger partial charge < -0.3 is 20.5 Å². The number of hydrogen-bond donors (Lipinski definition) is 2. The molecule has 0 bridgehead atoms. The van der Waals surface area contributed by atoms with E-state index in [-0.39, 0.29) is 35.2 Å². The molecule has 1 atom stereocenters. The van der Waals surface area contributed by atoms with Crippen LogP contribution in [0.2, 0.25) is 0 Å². The van der Waals surface area contributed by atoms with Gasteiger partial charge in [0.1, 0.15) is 17.4 Å². The number of nitro groups is 1. The molecule has 8 nitrogen and oxygen atoms in total. The maximum atomic E-state index is 12.9. The SMILES string of the molecule is Nc1cc(CNC(=O)c2cc(O[C@H]3CCOC3)ccc2[N+](=O)[O-])cc(C(F)(F)F)c1. The van der Waals surface area contributed by atoms with E-state index in [1.807, 2.05) is 0 Å². The van der Waals surface area contributed by atoms with Crippen molar-refractivity contribution in [2.75, 3.05) is 18.9 Å². The molecule has 1 aliphatic rings. The van der Waals surface area contributed by atoms with Gasteiger partial charge in [-0.25, -0.2) is 0 Å². The Morgan fingerprint density at radius 3 is 2.70 bits per heavy atom. The Morgan fingerprint density at radius 2 is 2.07 bits per heavy atom. The van der Waals surface area contributed by atoms with Crippen molar-refractivity contribution in [3.05, 3.63) is 63.2 Å². The van der Waals surface area contributed by atoms with Crippen LogP contribution in [-0.2, 0) is 17.5 Å². The summed E-state index contributed by atoms with van der Waals surface area (Å²) in [6.45, 7) is 0.603. The van der Waals surface area contributed by atoms with Gasteiger partial charge in [0.15, 0.2) is 0 Å². The molecule has 2 aromatic carbocycles. The smallest absolute Gasteiger partial charge is 0.416 e. The highest BCUT2D eigenvalue weighted by Gasteiger charge is 2.31. The van der Waals surface area contributed by atoms with Crippen molar-refractivity contribution in [2.24, 2.45) is 0 Å². The summed E-state index contributed by atoms with van der Waals surface area (Å²) in [4.78, 5) is 23.1. The Balaban J connectivity index is 1.78. The second-order valence-electron chi connectivity index (χ2n) is 6.68. The lowest BCUT2D eigenvalue weighted by molar-refractivity contribution is -0.385. The maximum Gasteiger partial charge on any atom is 0.416 e. The van der Waals surface area contributed by atoms with Crippen LogP contribution in [0, 0.1) is 10.1 Å². The van der Waals surface area contributed by atoms with Crippen LogP contribution in [0.25, 0.3) is 0 Å². The summed E-state index contributed by atoms with van der Waals surface area (Å²) in [6.07, 6.45) is -4.17. The second-order valence-corrected chi connectivity index (χ2v) is 6.68. The predicted molar refractivity (Wildman–Crippen MR) is 100.0 cm³/mol. The Kier molecular flexibility index (Phi) is 6.11. The van der Waals surface area contributed by atoms with Gasteiger partial charge in [0, 0.05) is 24.7 Å². The first-order valence-electron chi connectivity index (χ1n) is 8.91. The number of amides is 1. The molecule has 1 aliphatic heterocycles. The molecule has 0 saturated carbocycles. The van der Waals surface area contributed by atoms with Gasteiger partial charge in [-0.05, 0) is 35.9 Å². The monoisotopic (exact) mass is 425 g/mol. The van der Waals surface area contributed by atoms with E-state index < -0.39 is 28.3 Å². The largest absolute Gasteiger partial charge is 0.488 e. The number of nitrogens with zero attached hydrogens (tertiary/aromatic N) is 1. The summed E-state index contributed by atoms with van der Waals surface area (Å²) in [5, 5.41) is 13.7. The standard InChI is InChI=1S/C19H18F3N3O5/c20-19(21,22)12-5-11(6-13(23)7-12)9-24-18(26)16-8-14(1-2-17(16)25(27)28)30-15-3-4-29-10-15/h1-2,5-8,15H,3-4,9-10,23H2,(H,24,26)/t15-/m0/s1. The van der Waals surface area contributed by atoms with Crippen LogP contribution < -0.4 is 15.8 Å². The van der Waals surface area contributed by atoms with Crippen molar-refractivity contribution < 1.29 is 32.4 Å². The number of rotatable bonds is 6. The summed E-state index contributed by atoms with van der Waals surface area (Å²) in [5.74, 6) is -0.574. The Morgan fingerprint density at radius 1 is 1.30 bits per heavy atom. The molecule has 1 heterocycles. The lowest BCUT2D eigenvalue weighted by Gasteiger charge is -2.14. The molecule has 1 amide bonds. The van der Waals surface area contributed by atoms with Crippen molar-refractivity contribution in [1.82, 2.24) is 5.32 Å². The van der Waals surface area contributed by atoms with Crippen LogP contribution in [0.1, 0.15) is 27.9 Å². The van der Waals surface area contributed by atoms with Gasteiger partial charge in [-0.1, -0.05) is 0 Å². The molecule has 0 unspecified atom stereocenters. The second kappa shape index (κ2) is 8.57. The summed E-state index contributed by atoms with van der Waals surface area (Å²) in [5.41, 5.74) is 3.82. The fraction of sp³-hybridized carbons (Fsp3) is 0.316. The highest BCUT2D eigenvalue weighted by Crippen LogP contribution is 2.31. The highest BCUT2D eigenvalue weighted by atomic mass is 19.4. The average molecular weight is 425 g/mol. The maximum absolute atomic E-state index is 12.9. The molecule has 2 aromatic rings. The molecule has 0 radical (unpaired) electrons. The lowest BCUT2D eigenvalue weighted by atomic mass is 10.1. The molecule has 3 N–H and O–H groups in total. The van der Waals surface area contributed by atoms with Crippen molar-refractivity contribution in [3.63, 3.8) is 0 Å². The van der Waals surface area contributed by atoms with Gasteiger partial charge >= 0.3 is 6.18 Å². The van der Waals surface area contributed by atoms with Crippen molar-refractivity contribution in [1.29, 1.82) is 0 Å². The Bertz CT molecular complexity index is 959. The Hall–Kier alpha value is -3.34. The number of benzene rings is 2. The zero-order valence-electron chi connectivity index (χ0n) is 15.6. The fourth-order valence-corrected chi connectivity index (χ4v) is 2.99. The third-order valence-corrected chi connectivity index (χ3v) is 4.40. The first kappa shape index (κ1) is 21.4. The van der Waals surface area contributed by atoms with E-state index in [4.69, 9.17) is 15.2 Å². The molecule has 1 saturated heterocycles. The minimum absolute atomic E-state index is 0.105. The van der Waals surface area contributed by atoms with E-state index in [0.29, 0.717) is 19.6 Å². The molecule has 0 aromatic heterocycles. The fourth-order valence-electron chi connectivity index (χ4n) is 2.99. The zero-order chi connectivity index (χ0) is 21.9. The van der Waals surface area contributed by atoms with Crippen LogP contribution in [0.5, 0.6) is 5.75 Å². The molecular formula is C19H18F3N3O5. The quantitative estimate of drug-likeness (QED) is 0.417. The third kappa shape index (κ3) is 5.17. The molecule has 30 heavy (non-hydrogen) atoms. The summed E-state index contributed by atoms with van der Waals surface area (Å²) in [6, 6.07) is 6.66. The number of carbonyl (C=O) groups excluding carboxylic acids is 1. The summed E-state index contributed by atoms with van der Waals surface area (Å²) >= 11 is 0. The van der Waals surface area contributed by atoms with Gasteiger partial charge in [0.05, 0.1) is 23.7 Å². The molecule has 3 rings (SSSR count). The van der Waals surface area contributed by atoms with Crippen molar-refractivity contribution in [3.8, 4) is 5.75 Å². The first-order valence-corrected chi connectivity index (χ1v) is 8.91. The molecule has 160 valence electrons. The van der Waals surface area contributed by atoms with Gasteiger partial charge in [-0.15, -0.1) is 0 Å². The first-order chi connectivity index (χ1) is 14.1. The number of carbonyl (C=O) groups is 1. The number of nitrogens with one attached hydrogen (secondary N) is 1. The van der Waals surface area contributed by atoms with E-state index in [1.54, 1.807) is 0 Å². The number of alkyl halides is 3. The van der Waals surface area contributed by atoms with E-state index in [2.05, 4.69) is 5.32 Å². The number of halogens is 3. The summed E-state index contributed by atoms with van der Waals surface area (Å²) < 4.78 is 49.6. The van der Waals surface area contributed by atoms with Gasteiger partial charge in [-0.3, -0.25) is 14.9 Å². The average Bonchev–Trinajstić information content (AvgIpc) is 3.17. The zero-order valence-corrected chi connectivity index (χ0v) is 15.6. The minimum atomic E-state index is -4.59. The lowest BCUT2D eigenvalue weighted by Crippen LogP contribution is -2.24. The number of anilines is 1. The van der Waals surface area contributed by atoms with Crippen LogP contribution in [0.4, 0.5) is 24.5 Å². The van der Waals surface area contributed by atoms with Crippen molar-refractivity contribution in [2.45, 2.75) is 25.2 Å². The molecule has 11 heteroatoms. The van der Waals surface area contributed by atoms with E-state index >= 15 is 0 Å². The summed E-state index contributed by atoms with van der Waals surface area (Å²) in [7, 11) is 0. The number of nitro benzene ring substituents is 1. The number of nitrogens with two attached hydrogens (primary N) is 1. The minimum Gasteiger partial charge on any atom is -0.488 e. The van der Waals surface area contributed by atoms with Gasteiger partial charge in [-0.2, -0.15) is 13.2 Å². The molecular weight excluding hydrogens is 407 g/mol. The topological polar surface area (TPSA) is 117 Å². The van der Waals surface area contributed by atoms with Crippen LogP contribution >= 0.6 is 0 Å². The van der Waals surface area contributed by atoms with Gasteiger partial charge in [0.25, 0.3) is 11.6 Å². The van der Waals surface area contributed by atoms with E-state index in [1.165, 1.54) is 18.2 Å². The molecule has 0 aliphatic carbocycles. The third-order valence-electron chi connectivity index (χ3n) is 4.40. The van der Waals surface area contributed by atoms with Crippen molar-refractivity contribution >= 4 is 17.3 Å². The molecule has 1 fully saturated rings. The number of hydrogen-bond acceptors (Lipinski definition) is 6. The highest BCUT2D eigenvalue weighted by molar-refractivity contribution is 5.98. The predicted octanol–water partition coefficient (Wildman–Crippen LogP) is 3.29. The van der Waals surface area contributed by atoms with E-state index in [0.717, 1.165) is 18.2 Å². The molecule has 0 spiro atoms. The van der Waals surface area contributed by atoms with Crippen LogP contribution in [0.3, 0.4) is 0 Å². The van der Waals surface area contributed by atoms with Crippen LogP contribution in [-0.4, -0.2) is 30.1 Å². The van der Waals surface area contributed by atoms with Gasteiger partial charge in [0.2, 0.25) is 0 Å². The Labute approximate surface area is 168 Å². The number of nitrogen functional groups attached to an aromatic ring is 1. The number of ether oxygens (including phenoxy) is 2.